The minimum atomic E-state index is 0.527. The summed E-state index contributed by atoms with van der Waals surface area (Å²) in [6, 6.07) is 11.8. The summed E-state index contributed by atoms with van der Waals surface area (Å²) in [4.78, 5) is 5.30. The Kier molecular flexibility index (Phi) is 2.77. The van der Waals surface area contributed by atoms with E-state index in [0.717, 1.165) is 0 Å². The van der Waals surface area contributed by atoms with Crippen LogP contribution in [0.25, 0.3) is 10.9 Å². The maximum atomic E-state index is 2.66. The number of rotatable bonds is 1. The second-order valence-electron chi connectivity index (χ2n) is 6.28. The number of aromatic nitrogens is 1. The molecule has 0 N–H and O–H groups in total. The Balaban J connectivity index is 1.83. The van der Waals surface area contributed by atoms with E-state index < -0.39 is 0 Å². The van der Waals surface area contributed by atoms with Crippen molar-refractivity contribution in [3.8, 4) is 0 Å². The van der Waals surface area contributed by atoms with Gasteiger partial charge in [0.1, 0.15) is 5.82 Å². The van der Waals surface area contributed by atoms with Crippen molar-refractivity contribution in [3.05, 3.63) is 30.3 Å². The molecule has 1 aromatic carbocycles. The van der Waals surface area contributed by atoms with Gasteiger partial charge in [-0.25, -0.2) is 0 Å². The van der Waals surface area contributed by atoms with Gasteiger partial charge in [0.05, 0.1) is 6.17 Å². The molecule has 106 valence electrons. The summed E-state index contributed by atoms with van der Waals surface area (Å²) in [5.41, 5.74) is 1.34. The number of benzene rings is 1. The first-order chi connectivity index (χ1) is 9.75. The van der Waals surface area contributed by atoms with Crippen LogP contribution in [0.5, 0.6) is 0 Å². The molecule has 3 fully saturated rings. The van der Waals surface area contributed by atoms with Gasteiger partial charge in [0.15, 0.2) is 0 Å². The van der Waals surface area contributed by atoms with E-state index in [2.05, 4.69) is 58.7 Å². The maximum Gasteiger partial charge on any atom is 0.110 e. The van der Waals surface area contributed by atoms with Crippen molar-refractivity contribution in [2.75, 3.05) is 18.0 Å². The Morgan fingerprint density at radius 1 is 1.10 bits per heavy atom. The molecule has 20 heavy (non-hydrogen) atoms. The summed E-state index contributed by atoms with van der Waals surface area (Å²) in [6.45, 7) is 4.90. The number of hydrogen-bond donors (Lipinski definition) is 0. The van der Waals surface area contributed by atoms with Gasteiger partial charge in [-0.05, 0) is 38.3 Å². The molecule has 3 aliphatic rings. The molecule has 3 unspecified atom stereocenters. The van der Waals surface area contributed by atoms with Crippen LogP contribution in [-0.4, -0.2) is 34.8 Å². The molecule has 0 radical (unpaired) electrons. The molecule has 0 amide bonds. The largest absolute Gasteiger partial charge is 0.339 e. The second kappa shape index (κ2) is 4.52. The number of para-hydroxylation sites is 1. The lowest BCUT2D eigenvalue weighted by Crippen LogP contribution is -2.55. The molecule has 2 bridgehead atoms. The zero-order valence-corrected chi connectivity index (χ0v) is 12.4. The predicted octanol–water partition coefficient (Wildman–Crippen LogP) is 3.20. The summed E-state index contributed by atoms with van der Waals surface area (Å²) in [7, 11) is 2.21. The van der Waals surface area contributed by atoms with Gasteiger partial charge in [-0.1, -0.05) is 18.2 Å². The van der Waals surface area contributed by atoms with Crippen LogP contribution in [0.15, 0.2) is 30.3 Å². The number of aryl methyl sites for hydroxylation is 1. The van der Waals surface area contributed by atoms with Crippen LogP contribution in [0.2, 0.25) is 0 Å². The van der Waals surface area contributed by atoms with Gasteiger partial charge in [-0.2, -0.15) is 0 Å². The van der Waals surface area contributed by atoms with Crippen molar-refractivity contribution in [1.82, 2.24) is 9.47 Å². The first-order valence-electron chi connectivity index (χ1n) is 7.82. The van der Waals surface area contributed by atoms with Crippen LogP contribution in [0, 0.1) is 0 Å². The number of anilines is 1. The van der Waals surface area contributed by atoms with Crippen LogP contribution in [-0.2, 0) is 7.05 Å². The van der Waals surface area contributed by atoms with Gasteiger partial charge in [-0.3, -0.25) is 4.90 Å². The molecule has 2 aromatic rings. The highest BCUT2D eigenvalue weighted by molar-refractivity contribution is 5.85. The van der Waals surface area contributed by atoms with Gasteiger partial charge in [0.2, 0.25) is 0 Å². The fourth-order valence-electron chi connectivity index (χ4n) is 4.13. The van der Waals surface area contributed by atoms with Crippen molar-refractivity contribution in [2.45, 2.75) is 38.4 Å². The zero-order valence-electron chi connectivity index (χ0n) is 12.4. The highest BCUT2D eigenvalue weighted by Gasteiger charge is 2.36. The van der Waals surface area contributed by atoms with E-state index in [0.29, 0.717) is 12.2 Å². The van der Waals surface area contributed by atoms with Crippen molar-refractivity contribution < 1.29 is 0 Å². The summed E-state index contributed by atoms with van der Waals surface area (Å²) in [5.74, 6) is 1.38. The molecule has 5 rings (SSSR count). The third kappa shape index (κ3) is 1.69. The summed E-state index contributed by atoms with van der Waals surface area (Å²) >= 11 is 0. The third-order valence-electron chi connectivity index (χ3n) is 5.25. The van der Waals surface area contributed by atoms with E-state index in [4.69, 9.17) is 0 Å². The minimum absolute atomic E-state index is 0.527. The molecule has 3 nitrogen and oxygen atoms in total. The van der Waals surface area contributed by atoms with Gasteiger partial charge < -0.3 is 9.47 Å². The van der Waals surface area contributed by atoms with Crippen LogP contribution in [0.1, 0.15) is 26.2 Å². The SMILES string of the molecule is CC1N2CCCC(CC2)N1c1cc2ccccc2n1C. The molecule has 0 saturated carbocycles. The van der Waals surface area contributed by atoms with Crippen LogP contribution in [0.3, 0.4) is 0 Å². The van der Waals surface area contributed by atoms with E-state index in [1.165, 1.54) is 49.1 Å². The molecular weight excluding hydrogens is 246 g/mol. The highest BCUT2D eigenvalue weighted by Crippen LogP contribution is 2.35. The Bertz CT molecular complexity index is 624. The average molecular weight is 269 g/mol. The Morgan fingerprint density at radius 2 is 1.95 bits per heavy atom. The minimum Gasteiger partial charge on any atom is -0.339 e. The van der Waals surface area contributed by atoms with E-state index in [9.17, 15) is 0 Å². The Hall–Kier alpha value is -1.48. The van der Waals surface area contributed by atoms with Crippen molar-refractivity contribution in [2.24, 2.45) is 7.05 Å². The Labute approximate surface area is 120 Å². The van der Waals surface area contributed by atoms with Gasteiger partial charge in [0, 0.05) is 37.1 Å². The van der Waals surface area contributed by atoms with E-state index in [1.54, 1.807) is 0 Å². The molecule has 3 aliphatic heterocycles. The fourth-order valence-corrected chi connectivity index (χ4v) is 4.13. The topological polar surface area (TPSA) is 11.4 Å². The van der Waals surface area contributed by atoms with Gasteiger partial charge in [0.25, 0.3) is 0 Å². The summed E-state index contributed by atoms with van der Waals surface area (Å²) < 4.78 is 2.37. The van der Waals surface area contributed by atoms with Crippen molar-refractivity contribution >= 4 is 16.7 Å². The first-order valence-corrected chi connectivity index (χ1v) is 7.82. The lowest BCUT2D eigenvalue weighted by Gasteiger charge is -2.45. The smallest absolute Gasteiger partial charge is 0.110 e. The fraction of sp³-hybridized carbons (Fsp3) is 0.529. The normalized spacial score (nSPS) is 29.9. The lowest BCUT2D eigenvalue weighted by atomic mass is 10.1. The average Bonchev–Trinajstić information content (AvgIpc) is 2.63. The summed E-state index contributed by atoms with van der Waals surface area (Å²) in [5, 5.41) is 1.35. The van der Waals surface area contributed by atoms with E-state index >= 15 is 0 Å². The predicted molar refractivity (Wildman–Crippen MR) is 84.1 cm³/mol. The van der Waals surface area contributed by atoms with Crippen molar-refractivity contribution in [3.63, 3.8) is 0 Å². The molecule has 3 heteroatoms. The second-order valence-corrected chi connectivity index (χ2v) is 6.28. The number of fused-ring (bicyclic) bond motifs is 5. The zero-order chi connectivity index (χ0) is 13.7. The number of hydrogen-bond acceptors (Lipinski definition) is 2. The number of nitrogens with zero attached hydrogens (tertiary/aromatic N) is 3. The maximum absolute atomic E-state index is 2.66. The molecule has 0 spiro atoms. The third-order valence-corrected chi connectivity index (χ3v) is 5.25. The van der Waals surface area contributed by atoms with Crippen molar-refractivity contribution in [1.29, 1.82) is 0 Å². The van der Waals surface area contributed by atoms with Gasteiger partial charge in [-0.15, -0.1) is 0 Å². The van der Waals surface area contributed by atoms with Gasteiger partial charge >= 0.3 is 0 Å². The van der Waals surface area contributed by atoms with E-state index in [-0.39, 0.29) is 0 Å². The first kappa shape index (κ1) is 12.3. The lowest BCUT2D eigenvalue weighted by molar-refractivity contribution is 0.176. The molecule has 0 aliphatic carbocycles. The van der Waals surface area contributed by atoms with E-state index in [1.807, 2.05) is 0 Å². The summed E-state index contributed by atoms with van der Waals surface area (Å²) in [6.07, 6.45) is 4.52. The molecule has 1 aromatic heterocycles. The quantitative estimate of drug-likeness (QED) is 0.787. The molecule has 3 saturated heterocycles. The highest BCUT2D eigenvalue weighted by atomic mass is 15.4. The van der Waals surface area contributed by atoms with Crippen LogP contribution in [0.4, 0.5) is 5.82 Å². The molecule has 4 heterocycles. The molecular formula is C17H23N3. The standard InChI is InChI=1S/C17H23N3/c1-13-19-10-5-7-15(9-11-19)20(13)17-12-14-6-3-4-8-16(14)18(17)2/h3-4,6,8,12-13,15H,5,7,9-11H2,1-2H3. The monoisotopic (exact) mass is 269 g/mol. The van der Waals surface area contributed by atoms with Crippen LogP contribution >= 0.6 is 0 Å². The Morgan fingerprint density at radius 3 is 2.80 bits per heavy atom. The van der Waals surface area contributed by atoms with Crippen LogP contribution < -0.4 is 4.90 Å². The molecule has 3 atom stereocenters.